The fraction of sp³-hybridized carbons (Fsp3) is 0.0938. The molecule has 0 radical (unpaired) electrons. The van der Waals surface area contributed by atoms with Gasteiger partial charge in [0.15, 0.2) is 0 Å². The van der Waals surface area contributed by atoms with Crippen LogP contribution >= 0.6 is 11.6 Å². The van der Waals surface area contributed by atoms with E-state index < -0.39 is 0 Å². The predicted molar refractivity (Wildman–Crippen MR) is 141 cm³/mol. The van der Waals surface area contributed by atoms with Gasteiger partial charge in [0.05, 0.1) is 5.56 Å². The van der Waals surface area contributed by atoms with Gasteiger partial charge in [-0.05, 0) is 41.0 Å². The Morgan fingerprint density at radius 1 is 0.694 bits per heavy atom. The predicted octanol–water partition coefficient (Wildman–Crippen LogP) is 8.08. The summed E-state index contributed by atoms with van der Waals surface area (Å²) in [6.45, 7) is 0. The molecule has 0 saturated heterocycles. The molecule has 174 valence electrons. The van der Waals surface area contributed by atoms with Gasteiger partial charge >= 0.3 is 5.97 Å². The van der Waals surface area contributed by atoms with E-state index in [9.17, 15) is 4.79 Å². The highest BCUT2D eigenvalue weighted by Gasteiger charge is 2.43. The highest BCUT2D eigenvalue weighted by molar-refractivity contribution is 6.30. The molecule has 0 amide bonds. The van der Waals surface area contributed by atoms with Gasteiger partial charge in [-0.25, -0.2) is 4.79 Å². The van der Waals surface area contributed by atoms with E-state index in [1.807, 2.05) is 60.7 Å². The lowest BCUT2D eigenvalue weighted by molar-refractivity contribution is 0.0753. The summed E-state index contributed by atoms with van der Waals surface area (Å²) in [4.78, 5) is 12.6. The smallest absolute Gasteiger partial charge is 0.344 e. The number of hydrogen-bond acceptors (Lipinski definition) is 3. The van der Waals surface area contributed by atoms with E-state index in [0.29, 0.717) is 16.3 Å². The minimum absolute atomic E-state index is 0.0211. The first-order chi connectivity index (χ1) is 17.7. The molecule has 0 bridgehead atoms. The Hall–Kier alpha value is -4.08. The third-order valence-electron chi connectivity index (χ3n) is 7.33. The second-order valence-electron chi connectivity index (χ2n) is 9.33. The van der Waals surface area contributed by atoms with Gasteiger partial charge in [-0.1, -0.05) is 96.5 Å². The molecule has 0 N–H and O–H groups in total. The molecule has 2 heterocycles. The van der Waals surface area contributed by atoms with Crippen LogP contribution in [0.25, 0.3) is 10.8 Å². The molecule has 2 aliphatic heterocycles. The van der Waals surface area contributed by atoms with Crippen molar-refractivity contribution < 1.29 is 14.3 Å². The van der Waals surface area contributed by atoms with Gasteiger partial charge in [-0.3, -0.25) is 0 Å². The van der Waals surface area contributed by atoms with E-state index in [2.05, 4.69) is 48.5 Å². The third-order valence-corrected chi connectivity index (χ3v) is 7.59. The van der Waals surface area contributed by atoms with Gasteiger partial charge in [0.25, 0.3) is 0 Å². The standard InChI is InChI=1S/C32H21ClO3/c33-22-16-14-20(15-17-22)27-25-18-26-29-23(12-7-13-24(29)32(34)35-26)31(25)36-30(21-10-5-2-6-11-21)28(27)19-8-3-1-4-9-19/h1-18,27-28,30H/t27-,28?,30-/m0/s1. The maximum Gasteiger partial charge on any atom is 0.344 e. The van der Waals surface area contributed by atoms with Crippen molar-refractivity contribution in [1.29, 1.82) is 0 Å². The molecule has 36 heavy (non-hydrogen) atoms. The minimum atomic E-state index is -0.319. The zero-order valence-corrected chi connectivity index (χ0v) is 20.0. The molecule has 2 aliphatic rings. The van der Waals surface area contributed by atoms with E-state index in [4.69, 9.17) is 21.1 Å². The van der Waals surface area contributed by atoms with E-state index in [1.54, 1.807) is 0 Å². The molecule has 0 spiro atoms. The molecule has 0 fully saturated rings. The first kappa shape index (κ1) is 21.2. The van der Waals surface area contributed by atoms with Crippen molar-refractivity contribution in [1.82, 2.24) is 0 Å². The number of ether oxygens (including phenoxy) is 2. The molecule has 3 atom stereocenters. The Morgan fingerprint density at radius 3 is 2.11 bits per heavy atom. The summed E-state index contributed by atoms with van der Waals surface area (Å²) in [6, 6.07) is 36.6. The number of carbonyl (C=O) groups excluding carboxylic acids is 1. The van der Waals surface area contributed by atoms with Crippen LogP contribution in [0.2, 0.25) is 5.02 Å². The van der Waals surface area contributed by atoms with Crippen LogP contribution in [0.1, 0.15) is 50.6 Å². The summed E-state index contributed by atoms with van der Waals surface area (Å²) in [6.07, 6.45) is -0.239. The van der Waals surface area contributed by atoms with Crippen LogP contribution < -0.4 is 9.47 Å². The van der Waals surface area contributed by atoms with Crippen LogP contribution in [0, 0.1) is 0 Å². The van der Waals surface area contributed by atoms with E-state index >= 15 is 0 Å². The molecule has 0 saturated carbocycles. The van der Waals surface area contributed by atoms with Gasteiger partial charge < -0.3 is 9.47 Å². The molecule has 0 aliphatic carbocycles. The highest BCUT2D eigenvalue weighted by Crippen LogP contribution is 2.57. The topological polar surface area (TPSA) is 35.5 Å². The van der Waals surface area contributed by atoms with Crippen molar-refractivity contribution in [2.45, 2.75) is 17.9 Å². The van der Waals surface area contributed by atoms with Crippen LogP contribution in [-0.2, 0) is 0 Å². The van der Waals surface area contributed by atoms with Gasteiger partial charge in [-0.2, -0.15) is 0 Å². The Balaban J connectivity index is 1.56. The molecule has 5 aromatic rings. The number of carbonyl (C=O) groups is 1. The van der Waals surface area contributed by atoms with Gasteiger partial charge in [-0.15, -0.1) is 0 Å². The van der Waals surface area contributed by atoms with Crippen molar-refractivity contribution in [2.75, 3.05) is 0 Å². The highest BCUT2D eigenvalue weighted by atomic mass is 35.5. The van der Waals surface area contributed by atoms with Crippen molar-refractivity contribution >= 4 is 28.3 Å². The Morgan fingerprint density at radius 2 is 1.39 bits per heavy atom. The van der Waals surface area contributed by atoms with E-state index in [-0.39, 0.29) is 23.9 Å². The van der Waals surface area contributed by atoms with Crippen LogP contribution in [0.15, 0.2) is 109 Å². The maximum absolute atomic E-state index is 12.6. The summed E-state index contributed by atoms with van der Waals surface area (Å²) < 4.78 is 12.7. The molecule has 4 heteroatoms. The lowest BCUT2D eigenvalue weighted by Gasteiger charge is -2.41. The number of esters is 1. The SMILES string of the molecule is O=C1Oc2cc3c(c4cccc1c24)O[C@@H](c1ccccc1)C(c1ccccc1)[C@H]3c1ccc(Cl)cc1. The van der Waals surface area contributed by atoms with Gasteiger partial charge in [0.2, 0.25) is 0 Å². The number of halogens is 1. The molecule has 7 rings (SSSR count). The Labute approximate surface area is 213 Å². The molecule has 5 aromatic carbocycles. The molecular formula is C32H21ClO3. The number of hydrogen-bond donors (Lipinski definition) is 0. The second kappa shape index (κ2) is 8.25. The lowest BCUT2D eigenvalue weighted by Crippen LogP contribution is -2.29. The first-order valence-corrected chi connectivity index (χ1v) is 12.4. The van der Waals surface area contributed by atoms with Crippen molar-refractivity contribution in [3.63, 3.8) is 0 Å². The van der Waals surface area contributed by atoms with Crippen molar-refractivity contribution in [3.05, 3.63) is 142 Å². The number of fused-ring (bicyclic) bond motifs is 2. The van der Waals surface area contributed by atoms with Crippen LogP contribution in [-0.4, -0.2) is 5.97 Å². The quantitative estimate of drug-likeness (QED) is 0.190. The van der Waals surface area contributed by atoms with E-state index in [1.165, 1.54) is 5.56 Å². The minimum Gasteiger partial charge on any atom is -0.484 e. The fourth-order valence-electron chi connectivity index (χ4n) is 5.80. The number of rotatable bonds is 3. The Bertz CT molecular complexity index is 1610. The molecular weight excluding hydrogens is 468 g/mol. The Kier molecular flexibility index (Phi) is 4.86. The zero-order valence-electron chi connectivity index (χ0n) is 19.2. The monoisotopic (exact) mass is 488 g/mol. The average molecular weight is 489 g/mol. The lowest BCUT2D eigenvalue weighted by atomic mass is 9.70. The third kappa shape index (κ3) is 3.24. The maximum atomic E-state index is 12.6. The largest absolute Gasteiger partial charge is 0.484 e. The summed E-state index contributed by atoms with van der Waals surface area (Å²) in [5.74, 6) is 1.00. The summed E-state index contributed by atoms with van der Waals surface area (Å²) in [7, 11) is 0. The average Bonchev–Trinajstić information content (AvgIpc) is 3.25. The molecule has 1 unspecified atom stereocenters. The summed E-state index contributed by atoms with van der Waals surface area (Å²) in [5, 5.41) is 2.41. The van der Waals surface area contributed by atoms with Crippen molar-refractivity contribution in [3.8, 4) is 11.5 Å². The summed E-state index contributed by atoms with van der Waals surface area (Å²) >= 11 is 6.30. The normalized spacial score (nSPS) is 20.0. The van der Waals surface area contributed by atoms with Crippen LogP contribution in [0.4, 0.5) is 0 Å². The van der Waals surface area contributed by atoms with E-state index in [0.717, 1.165) is 33.2 Å². The van der Waals surface area contributed by atoms with Gasteiger partial charge in [0.1, 0.15) is 17.6 Å². The zero-order chi connectivity index (χ0) is 24.2. The first-order valence-electron chi connectivity index (χ1n) is 12.0. The number of benzene rings is 5. The molecule has 3 nitrogen and oxygen atoms in total. The summed E-state index contributed by atoms with van der Waals surface area (Å²) in [5.41, 5.74) is 5.00. The van der Waals surface area contributed by atoms with Gasteiger partial charge in [0, 0.05) is 33.2 Å². The van der Waals surface area contributed by atoms with Crippen LogP contribution in [0.3, 0.4) is 0 Å². The molecule has 0 aromatic heterocycles. The second-order valence-corrected chi connectivity index (χ2v) is 9.76. The fourth-order valence-corrected chi connectivity index (χ4v) is 5.92. The van der Waals surface area contributed by atoms with Crippen LogP contribution in [0.5, 0.6) is 11.5 Å². The van der Waals surface area contributed by atoms with Crippen molar-refractivity contribution in [2.24, 2.45) is 0 Å².